The maximum atomic E-state index is 12.2. The van der Waals surface area contributed by atoms with Crippen LogP contribution < -0.4 is 0 Å². The highest BCUT2D eigenvalue weighted by atomic mass is 19.3. The van der Waals surface area contributed by atoms with Crippen molar-refractivity contribution in [1.82, 2.24) is 0 Å². The second-order valence-corrected chi connectivity index (χ2v) is 8.14. The largest absolute Gasteiger partial charge is 0.333 e. The normalized spacial score (nSPS) is 39.8. The molecule has 0 spiro atoms. The van der Waals surface area contributed by atoms with E-state index in [1.165, 1.54) is 38.5 Å². The topological polar surface area (TPSA) is 27.7 Å². The highest BCUT2D eigenvalue weighted by molar-refractivity contribution is 4.88. The maximum absolute atomic E-state index is 12.2. The maximum Gasteiger partial charge on any atom is 0.271 e. The lowest BCUT2D eigenvalue weighted by Gasteiger charge is -2.41. The number of hydrogen-bond acceptors (Lipinski definition) is 3. The summed E-state index contributed by atoms with van der Waals surface area (Å²) in [6, 6.07) is 0. The fourth-order valence-corrected chi connectivity index (χ4v) is 5.15. The van der Waals surface area contributed by atoms with E-state index in [1.54, 1.807) is 7.11 Å². The molecule has 0 N–H and O–H groups in total. The third-order valence-electron chi connectivity index (χ3n) is 6.73. The molecule has 0 bridgehead atoms. The Bertz CT molecular complexity index is 415. The van der Waals surface area contributed by atoms with E-state index in [4.69, 9.17) is 14.2 Å². The van der Waals surface area contributed by atoms with E-state index in [1.807, 2.05) is 0 Å². The van der Waals surface area contributed by atoms with Gasteiger partial charge in [-0.15, -0.1) is 0 Å². The van der Waals surface area contributed by atoms with Gasteiger partial charge in [0.1, 0.15) is 0 Å². The molecule has 0 aromatic rings. The van der Waals surface area contributed by atoms with E-state index < -0.39 is 12.6 Å². The van der Waals surface area contributed by atoms with Crippen LogP contribution in [-0.2, 0) is 14.2 Å². The first-order valence-corrected chi connectivity index (χ1v) is 9.92. The molecule has 1 saturated heterocycles. The van der Waals surface area contributed by atoms with E-state index in [0.29, 0.717) is 24.2 Å². The molecular weight excluding hydrogens is 326 g/mol. The van der Waals surface area contributed by atoms with Gasteiger partial charge in [-0.3, -0.25) is 0 Å². The van der Waals surface area contributed by atoms with Gasteiger partial charge in [0.05, 0.1) is 13.2 Å². The van der Waals surface area contributed by atoms with E-state index >= 15 is 0 Å². The molecule has 1 aliphatic heterocycles. The summed E-state index contributed by atoms with van der Waals surface area (Å²) in [6.07, 6.45) is 10.0. The van der Waals surface area contributed by atoms with Gasteiger partial charge in [-0.1, -0.05) is 0 Å². The van der Waals surface area contributed by atoms with Gasteiger partial charge in [-0.2, -0.15) is 8.78 Å². The Morgan fingerprint density at radius 3 is 1.80 bits per heavy atom. The molecule has 0 unspecified atom stereocenters. The third kappa shape index (κ3) is 5.48. The van der Waals surface area contributed by atoms with Crippen molar-refractivity contribution in [2.24, 2.45) is 29.6 Å². The van der Waals surface area contributed by atoms with E-state index in [2.05, 4.69) is 0 Å². The molecular formula is C20H32F2O3. The first kappa shape index (κ1) is 19.2. The van der Waals surface area contributed by atoms with Crippen LogP contribution in [0.15, 0.2) is 12.2 Å². The van der Waals surface area contributed by atoms with E-state index in [-0.39, 0.29) is 0 Å². The predicted molar refractivity (Wildman–Crippen MR) is 92.0 cm³/mol. The number of hydrogen-bond donors (Lipinski definition) is 0. The minimum Gasteiger partial charge on any atom is -0.333 e. The van der Waals surface area contributed by atoms with E-state index in [0.717, 1.165) is 44.0 Å². The standard InChI is InChI=1S/C20H32F2O3/c1-23-20-24-12-18(13-25-20)17-9-7-16(8-10-17)15-5-2-14(3-6-15)4-11-19(21)22/h11,14-18,20H,2-10,12-13H2,1H3. The summed E-state index contributed by atoms with van der Waals surface area (Å²) in [5, 5.41) is 0. The second kappa shape index (κ2) is 9.43. The molecule has 2 aliphatic carbocycles. The van der Waals surface area contributed by atoms with Gasteiger partial charge in [-0.25, -0.2) is 0 Å². The van der Waals surface area contributed by atoms with Crippen molar-refractivity contribution in [3.63, 3.8) is 0 Å². The summed E-state index contributed by atoms with van der Waals surface area (Å²) in [4.78, 5) is 0. The molecule has 0 atom stereocenters. The van der Waals surface area contributed by atoms with Crippen molar-refractivity contribution in [1.29, 1.82) is 0 Å². The Morgan fingerprint density at radius 1 is 0.840 bits per heavy atom. The minimum absolute atomic E-state index is 0.472. The molecule has 2 saturated carbocycles. The number of halogens is 2. The number of rotatable bonds is 5. The van der Waals surface area contributed by atoms with Crippen LogP contribution in [0.3, 0.4) is 0 Å². The number of ether oxygens (including phenoxy) is 3. The number of methoxy groups -OCH3 is 1. The van der Waals surface area contributed by atoms with Crippen molar-refractivity contribution in [2.45, 2.75) is 64.3 Å². The van der Waals surface area contributed by atoms with Crippen LogP contribution in [-0.4, -0.2) is 26.8 Å². The Hall–Kier alpha value is -0.520. The fourth-order valence-electron chi connectivity index (χ4n) is 5.15. The summed E-state index contributed by atoms with van der Waals surface area (Å²) in [7, 11) is 1.61. The molecule has 0 aromatic heterocycles. The van der Waals surface area contributed by atoms with Gasteiger partial charge < -0.3 is 14.2 Å². The minimum atomic E-state index is -1.52. The van der Waals surface area contributed by atoms with E-state index in [9.17, 15) is 8.78 Å². The summed E-state index contributed by atoms with van der Waals surface area (Å²) in [5.74, 6) is 3.34. The fraction of sp³-hybridized carbons (Fsp3) is 0.900. The summed E-state index contributed by atoms with van der Waals surface area (Å²) >= 11 is 0. The average molecular weight is 358 g/mol. The summed E-state index contributed by atoms with van der Waals surface area (Å²) in [6.45, 7) is 1.01. The lowest BCUT2D eigenvalue weighted by Crippen LogP contribution is -2.38. The smallest absolute Gasteiger partial charge is 0.271 e. The molecule has 3 rings (SSSR count). The zero-order chi connectivity index (χ0) is 17.6. The lowest BCUT2D eigenvalue weighted by molar-refractivity contribution is -0.317. The average Bonchev–Trinajstić information content (AvgIpc) is 2.67. The van der Waals surface area contributed by atoms with Crippen LogP contribution in [0.2, 0.25) is 0 Å². The van der Waals surface area contributed by atoms with Crippen molar-refractivity contribution in [3.05, 3.63) is 12.2 Å². The summed E-state index contributed by atoms with van der Waals surface area (Å²) in [5.41, 5.74) is 0. The first-order valence-electron chi connectivity index (χ1n) is 9.92. The monoisotopic (exact) mass is 358 g/mol. The second-order valence-electron chi connectivity index (χ2n) is 8.14. The highest BCUT2D eigenvalue weighted by Gasteiger charge is 2.35. The SMILES string of the molecule is COC1OCC(C2CCC(C3CCC(CC=C(F)F)CC3)CC2)CO1. The van der Waals surface area contributed by atoms with Crippen LogP contribution in [0.1, 0.15) is 57.8 Å². The van der Waals surface area contributed by atoms with Gasteiger partial charge in [0.25, 0.3) is 12.6 Å². The van der Waals surface area contributed by atoms with Gasteiger partial charge in [0.15, 0.2) is 0 Å². The van der Waals surface area contributed by atoms with Crippen molar-refractivity contribution >= 4 is 0 Å². The first-order chi connectivity index (χ1) is 12.2. The van der Waals surface area contributed by atoms with Crippen LogP contribution in [0.5, 0.6) is 0 Å². The molecule has 0 amide bonds. The van der Waals surface area contributed by atoms with Crippen LogP contribution in [0, 0.1) is 29.6 Å². The predicted octanol–water partition coefficient (Wildman–Crippen LogP) is 5.36. The van der Waals surface area contributed by atoms with Crippen LogP contribution in [0.25, 0.3) is 0 Å². The zero-order valence-corrected chi connectivity index (χ0v) is 15.3. The van der Waals surface area contributed by atoms with Crippen LogP contribution in [0.4, 0.5) is 8.78 Å². The molecule has 0 radical (unpaired) electrons. The molecule has 5 heteroatoms. The molecule has 3 fully saturated rings. The van der Waals surface area contributed by atoms with Crippen molar-refractivity contribution < 1.29 is 23.0 Å². The Morgan fingerprint density at radius 2 is 1.32 bits per heavy atom. The zero-order valence-electron chi connectivity index (χ0n) is 15.3. The Kier molecular flexibility index (Phi) is 7.26. The molecule has 1 heterocycles. The van der Waals surface area contributed by atoms with Crippen molar-refractivity contribution in [2.75, 3.05) is 20.3 Å². The molecule has 25 heavy (non-hydrogen) atoms. The Labute approximate surface area is 150 Å². The Balaban J connectivity index is 1.36. The van der Waals surface area contributed by atoms with Crippen LogP contribution >= 0.6 is 0 Å². The molecule has 144 valence electrons. The van der Waals surface area contributed by atoms with Gasteiger partial charge in [0.2, 0.25) is 0 Å². The summed E-state index contributed by atoms with van der Waals surface area (Å²) < 4.78 is 40.7. The highest BCUT2D eigenvalue weighted by Crippen LogP contribution is 2.44. The molecule has 3 nitrogen and oxygen atoms in total. The van der Waals surface area contributed by atoms with Crippen molar-refractivity contribution in [3.8, 4) is 0 Å². The van der Waals surface area contributed by atoms with Gasteiger partial charge in [0, 0.05) is 13.0 Å². The van der Waals surface area contributed by atoms with Gasteiger partial charge in [-0.05, 0) is 87.5 Å². The molecule has 3 aliphatic rings. The number of allylic oxidation sites excluding steroid dienone is 1. The quantitative estimate of drug-likeness (QED) is 0.662. The molecule has 0 aromatic carbocycles. The third-order valence-corrected chi connectivity index (χ3v) is 6.73. The lowest BCUT2D eigenvalue weighted by atomic mass is 9.67. The van der Waals surface area contributed by atoms with Gasteiger partial charge >= 0.3 is 0 Å².